The van der Waals surface area contributed by atoms with E-state index in [1.165, 1.54) is 7.11 Å². The predicted octanol–water partition coefficient (Wildman–Crippen LogP) is 0.659. The molecule has 1 aromatic rings. The lowest BCUT2D eigenvalue weighted by molar-refractivity contribution is -0.130. The van der Waals surface area contributed by atoms with Crippen molar-refractivity contribution in [1.82, 2.24) is 9.80 Å². The van der Waals surface area contributed by atoms with Gasteiger partial charge in [0.25, 0.3) is 0 Å². The molecule has 1 heterocycles. The topological polar surface area (TPSA) is 61.9 Å². The normalized spacial score (nSPS) is 15.6. The van der Waals surface area contributed by atoms with Crippen LogP contribution in [0.15, 0.2) is 24.3 Å². The molecule has 0 bridgehead atoms. The Morgan fingerprint density at radius 1 is 1.24 bits per heavy atom. The maximum atomic E-state index is 12.1. The van der Waals surface area contributed by atoms with Gasteiger partial charge in [-0.2, -0.15) is 0 Å². The summed E-state index contributed by atoms with van der Waals surface area (Å²) in [6, 6.07) is 6.95. The van der Waals surface area contributed by atoms with Crippen molar-refractivity contribution in [2.45, 2.75) is 0 Å². The van der Waals surface area contributed by atoms with E-state index >= 15 is 0 Å². The van der Waals surface area contributed by atoms with Crippen molar-refractivity contribution in [3.63, 3.8) is 0 Å². The fourth-order valence-corrected chi connectivity index (χ4v) is 2.22. The van der Waals surface area contributed by atoms with Gasteiger partial charge in [0.15, 0.2) is 0 Å². The highest BCUT2D eigenvalue weighted by Crippen LogP contribution is 2.11. The number of nitrogens with one attached hydrogen (secondary N) is 1. The number of carbonyl (C=O) groups excluding carboxylic acids is 2. The average Bonchev–Trinajstić information content (AvgIpc) is 2.52. The highest BCUT2D eigenvalue weighted by Gasteiger charge is 2.18. The summed E-state index contributed by atoms with van der Waals surface area (Å²) >= 11 is 0. The molecular weight excluding hydrogens is 270 g/mol. The molecule has 0 radical (unpaired) electrons. The third-order valence-electron chi connectivity index (χ3n) is 3.58. The Morgan fingerprint density at radius 2 is 1.95 bits per heavy atom. The van der Waals surface area contributed by atoms with Gasteiger partial charge in [-0.25, -0.2) is 4.79 Å². The zero-order valence-corrected chi connectivity index (χ0v) is 12.5. The number of carbonyl (C=O) groups is 2. The first-order valence-electron chi connectivity index (χ1n) is 6.98. The minimum absolute atomic E-state index is 0.0755. The smallest absolute Gasteiger partial charge is 0.337 e. The third-order valence-corrected chi connectivity index (χ3v) is 3.58. The molecule has 114 valence electrons. The van der Waals surface area contributed by atoms with Crippen LogP contribution in [-0.4, -0.2) is 68.6 Å². The second kappa shape index (κ2) is 7.08. The first kappa shape index (κ1) is 15.3. The largest absolute Gasteiger partial charge is 0.465 e. The molecule has 1 aliphatic rings. The van der Waals surface area contributed by atoms with Crippen LogP contribution in [0.4, 0.5) is 5.69 Å². The van der Waals surface area contributed by atoms with Crippen LogP contribution in [-0.2, 0) is 9.53 Å². The van der Waals surface area contributed by atoms with E-state index in [0.29, 0.717) is 5.56 Å². The van der Waals surface area contributed by atoms with Crippen LogP contribution in [0.5, 0.6) is 0 Å². The van der Waals surface area contributed by atoms with Crippen molar-refractivity contribution in [3.05, 3.63) is 29.8 Å². The van der Waals surface area contributed by atoms with E-state index in [1.807, 2.05) is 11.0 Å². The van der Waals surface area contributed by atoms with E-state index in [9.17, 15) is 9.59 Å². The molecule has 0 aromatic heterocycles. The molecule has 6 heteroatoms. The van der Waals surface area contributed by atoms with Gasteiger partial charge in [-0.1, -0.05) is 6.07 Å². The van der Waals surface area contributed by atoms with E-state index < -0.39 is 0 Å². The van der Waals surface area contributed by atoms with E-state index in [2.05, 4.69) is 22.0 Å². The number of methoxy groups -OCH3 is 1. The van der Waals surface area contributed by atoms with E-state index in [4.69, 9.17) is 0 Å². The van der Waals surface area contributed by atoms with Crippen molar-refractivity contribution >= 4 is 17.6 Å². The third kappa shape index (κ3) is 4.19. The molecule has 0 spiro atoms. The van der Waals surface area contributed by atoms with Crippen LogP contribution >= 0.6 is 0 Å². The molecule has 1 N–H and O–H groups in total. The van der Waals surface area contributed by atoms with Gasteiger partial charge in [0.1, 0.15) is 0 Å². The van der Waals surface area contributed by atoms with Crippen LogP contribution in [0.1, 0.15) is 10.4 Å². The molecule has 1 amide bonds. The number of piperazine rings is 1. The van der Waals surface area contributed by atoms with Crippen molar-refractivity contribution in [1.29, 1.82) is 0 Å². The monoisotopic (exact) mass is 291 g/mol. The SMILES string of the molecule is COC(=O)c1cccc(NCC(=O)N2CCN(C)CC2)c1. The fourth-order valence-electron chi connectivity index (χ4n) is 2.22. The van der Waals surface area contributed by atoms with Crippen molar-refractivity contribution in [2.75, 3.05) is 52.2 Å². The van der Waals surface area contributed by atoms with Crippen LogP contribution in [0, 0.1) is 0 Å². The molecule has 1 aliphatic heterocycles. The van der Waals surface area contributed by atoms with Crippen molar-refractivity contribution in [2.24, 2.45) is 0 Å². The minimum Gasteiger partial charge on any atom is -0.465 e. The minimum atomic E-state index is -0.385. The lowest BCUT2D eigenvalue weighted by Crippen LogP contribution is -2.48. The lowest BCUT2D eigenvalue weighted by Gasteiger charge is -2.32. The summed E-state index contributed by atoms with van der Waals surface area (Å²) in [6.07, 6.45) is 0. The standard InChI is InChI=1S/C15H21N3O3/c1-17-6-8-18(9-7-17)14(19)11-16-13-5-3-4-12(10-13)15(20)21-2/h3-5,10,16H,6-9,11H2,1-2H3. The highest BCUT2D eigenvalue weighted by molar-refractivity contribution is 5.90. The van der Waals surface area contributed by atoms with Crippen LogP contribution in [0.3, 0.4) is 0 Å². The lowest BCUT2D eigenvalue weighted by atomic mass is 10.2. The Kier molecular flexibility index (Phi) is 5.16. The van der Waals surface area contributed by atoms with Crippen LogP contribution in [0.2, 0.25) is 0 Å². The second-order valence-electron chi connectivity index (χ2n) is 5.11. The number of esters is 1. The Hall–Kier alpha value is -2.08. The van der Waals surface area contributed by atoms with Crippen LogP contribution in [0.25, 0.3) is 0 Å². The molecule has 0 atom stereocenters. The molecule has 0 saturated carbocycles. The molecule has 21 heavy (non-hydrogen) atoms. The summed E-state index contributed by atoms with van der Waals surface area (Å²) in [6.45, 7) is 3.57. The van der Waals surface area contributed by atoms with Gasteiger partial charge in [-0.05, 0) is 25.2 Å². The first-order valence-corrected chi connectivity index (χ1v) is 6.98. The Bertz CT molecular complexity index is 511. The number of hydrogen-bond acceptors (Lipinski definition) is 5. The second-order valence-corrected chi connectivity index (χ2v) is 5.11. The van der Waals surface area contributed by atoms with E-state index in [-0.39, 0.29) is 18.4 Å². The van der Waals surface area contributed by atoms with Gasteiger partial charge in [0, 0.05) is 31.9 Å². The van der Waals surface area contributed by atoms with Crippen LogP contribution < -0.4 is 5.32 Å². The number of anilines is 1. The summed E-state index contributed by atoms with van der Waals surface area (Å²) < 4.78 is 4.68. The number of benzene rings is 1. The Balaban J connectivity index is 1.88. The van der Waals surface area contributed by atoms with Gasteiger partial charge >= 0.3 is 5.97 Å². The Labute approximate surface area is 124 Å². The van der Waals surface area contributed by atoms with Gasteiger partial charge in [-0.15, -0.1) is 0 Å². The van der Waals surface area contributed by atoms with Gasteiger partial charge in [0.2, 0.25) is 5.91 Å². The van der Waals surface area contributed by atoms with Gasteiger partial charge in [0.05, 0.1) is 19.2 Å². The molecule has 0 unspecified atom stereocenters. The zero-order chi connectivity index (χ0) is 15.2. The average molecular weight is 291 g/mol. The molecular formula is C15H21N3O3. The summed E-state index contributed by atoms with van der Waals surface area (Å²) in [4.78, 5) is 27.6. The molecule has 2 rings (SSSR count). The van der Waals surface area contributed by atoms with E-state index in [0.717, 1.165) is 31.9 Å². The zero-order valence-electron chi connectivity index (χ0n) is 12.5. The van der Waals surface area contributed by atoms with E-state index in [1.54, 1.807) is 18.2 Å². The fraction of sp³-hybridized carbons (Fsp3) is 0.467. The maximum Gasteiger partial charge on any atom is 0.337 e. The number of rotatable bonds is 4. The Morgan fingerprint density at radius 3 is 2.62 bits per heavy atom. The number of nitrogens with zero attached hydrogens (tertiary/aromatic N) is 2. The predicted molar refractivity (Wildman–Crippen MR) is 80.3 cm³/mol. The molecule has 1 aromatic carbocycles. The number of hydrogen-bond donors (Lipinski definition) is 1. The van der Waals surface area contributed by atoms with Gasteiger partial charge < -0.3 is 19.9 Å². The molecule has 1 saturated heterocycles. The van der Waals surface area contributed by atoms with Crippen molar-refractivity contribution < 1.29 is 14.3 Å². The summed E-state index contributed by atoms with van der Waals surface area (Å²) in [7, 11) is 3.40. The number of amides is 1. The molecule has 1 fully saturated rings. The first-order chi connectivity index (χ1) is 10.1. The number of ether oxygens (including phenoxy) is 1. The number of likely N-dealkylation sites (N-methyl/N-ethyl adjacent to an activating group) is 1. The highest BCUT2D eigenvalue weighted by atomic mass is 16.5. The van der Waals surface area contributed by atoms with Gasteiger partial charge in [-0.3, -0.25) is 4.79 Å². The molecule has 0 aliphatic carbocycles. The summed E-state index contributed by atoms with van der Waals surface area (Å²) in [5.74, 6) is -0.310. The summed E-state index contributed by atoms with van der Waals surface area (Å²) in [5, 5.41) is 3.06. The van der Waals surface area contributed by atoms with Crippen molar-refractivity contribution in [3.8, 4) is 0 Å². The quantitative estimate of drug-likeness (QED) is 0.826. The maximum absolute atomic E-state index is 12.1. The molecule has 6 nitrogen and oxygen atoms in total. The summed E-state index contributed by atoms with van der Waals surface area (Å²) in [5.41, 5.74) is 1.20.